The van der Waals surface area contributed by atoms with Gasteiger partial charge in [-0.1, -0.05) is 32.6 Å². The van der Waals surface area contributed by atoms with Crippen LogP contribution in [-0.4, -0.2) is 49.3 Å². The summed E-state index contributed by atoms with van der Waals surface area (Å²) in [6.45, 7) is 17.8. The highest BCUT2D eigenvalue weighted by molar-refractivity contribution is 5.93. The SMILES string of the molecule is C=Cc1c(C)c(-c2[nH]c3ccc(C4CCN(C(=O)OC(C)(C)C)CC4)cc3c2C(C)C)cn2ncnc12. The third-order valence-electron chi connectivity index (χ3n) is 7.41. The average Bonchev–Trinajstić information content (AvgIpc) is 3.46. The lowest BCUT2D eigenvalue weighted by Crippen LogP contribution is -2.41. The number of nitrogens with one attached hydrogen (secondary N) is 1. The summed E-state index contributed by atoms with van der Waals surface area (Å²) < 4.78 is 7.41. The van der Waals surface area contributed by atoms with Gasteiger partial charge in [0.15, 0.2) is 5.65 Å². The van der Waals surface area contributed by atoms with E-state index in [0.29, 0.717) is 24.9 Å². The third kappa shape index (κ3) is 4.63. The summed E-state index contributed by atoms with van der Waals surface area (Å²) in [4.78, 5) is 22.5. The maximum atomic E-state index is 12.5. The van der Waals surface area contributed by atoms with Crippen LogP contribution in [0.1, 0.15) is 81.5 Å². The molecule has 37 heavy (non-hydrogen) atoms. The van der Waals surface area contributed by atoms with Crippen molar-refractivity contribution in [3.63, 3.8) is 0 Å². The van der Waals surface area contributed by atoms with Crippen LogP contribution in [0.25, 0.3) is 33.9 Å². The van der Waals surface area contributed by atoms with Crippen molar-refractivity contribution in [2.24, 2.45) is 0 Å². The van der Waals surface area contributed by atoms with E-state index in [4.69, 9.17) is 4.74 Å². The van der Waals surface area contributed by atoms with Crippen molar-refractivity contribution in [1.29, 1.82) is 0 Å². The summed E-state index contributed by atoms with van der Waals surface area (Å²) in [5, 5.41) is 5.66. The Morgan fingerprint density at radius 1 is 1.24 bits per heavy atom. The summed E-state index contributed by atoms with van der Waals surface area (Å²) in [6.07, 6.45) is 7.17. The number of carbonyl (C=O) groups excluding carboxylic acids is 1. The third-order valence-corrected chi connectivity index (χ3v) is 7.41. The first-order valence-electron chi connectivity index (χ1n) is 13.2. The summed E-state index contributed by atoms with van der Waals surface area (Å²) in [5.41, 5.74) is 8.49. The van der Waals surface area contributed by atoms with E-state index >= 15 is 0 Å². The number of aromatic nitrogens is 4. The Morgan fingerprint density at radius 2 is 1.97 bits per heavy atom. The first-order valence-corrected chi connectivity index (χ1v) is 13.2. The molecule has 0 spiro atoms. The van der Waals surface area contributed by atoms with Gasteiger partial charge < -0.3 is 14.6 Å². The summed E-state index contributed by atoms with van der Waals surface area (Å²) in [7, 11) is 0. The molecule has 0 unspecified atom stereocenters. The molecule has 1 saturated heterocycles. The fourth-order valence-electron chi connectivity index (χ4n) is 5.58. The molecule has 7 heteroatoms. The number of H-pyrrole nitrogens is 1. The number of piperidine rings is 1. The van der Waals surface area contributed by atoms with Crippen LogP contribution < -0.4 is 0 Å². The molecular formula is C30H37N5O2. The van der Waals surface area contributed by atoms with E-state index in [2.05, 4.69) is 66.8 Å². The molecule has 1 N–H and O–H groups in total. The first kappa shape index (κ1) is 25.1. The zero-order valence-electron chi connectivity index (χ0n) is 22.8. The number of nitrogens with zero attached hydrogens (tertiary/aromatic N) is 4. The van der Waals surface area contributed by atoms with E-state index in [9.17, 15) is 4.79 Å². The van der Waals surface area contributed by atoms with E-state index in [1.165, 1.54) is 16.5 Å². The van der Waals surface area contributed by atoms with E-state index < -0.39 is 5.60 Å². The normalized spacial score (nSPS) is 15.2. The van der Waals surface area contributed by atoms with Crippen LogP contribution in [-0.2, 0) is 4.74 Å². The molecule has 4 aromatic rings. The summed E-state index contributed by atoms with van der Waals surface area (Å²) >= 11 is 0. The number of rotatable bonds is 4. The molecule has 1 aliphatic heterocycles. The Morgan fingerprint density at radius 3 is 2.62 bits per heavy atom. The molecule has 0 saturated carbocycles. The number of aromatic amines is 1. The second-order valence-electron chi connectivity index (χ2n) is 11.4. The molecule has 0 aliphatic carbocycles. The van der Waals surface area contributed by atoms with Gasteiger partial charge in [0.1, 0.15) is 11.9 Å². The zero-order chi connectivity index (χ0) is 26.5. The van der Waals surface area contributed by atoms with Crippen LogP contribution in [0.2, 0.25) is 0 Å². The largest absolute Gasteiger partial charge is 0.444 e. The standard InChI is InChI=1S/C30H37N5O2/c1-8-22-19(4)24(16-35-28(22)31-17-32-35)27-26(18(2)3)23-15-21(9-10-25(23)33-27)20-11-13-34(14-12-20)29(36)37-30(5,6)7/h8-10,15-18,20,33H,1,11-14H2,2-7H3. The number of ether oxygens (including phenoxy) is 1. The van der Waals surface area contributed by atoms with Crippen molar-refractivity contribution < 1.29 is 9.53 Å². The summed E-state index contributed by atoms with van der Waals surface area (Å²) in [5.74, 6) is 0.744. The molecule has 1 aromatic carbocycles. The van der Waals surface area contributed by atoms with Crippen molar-refractivity contribution in [3.8, 4) is 11.3 Å². The maximum absolute atomic E-state index is 12.5. The minimum atomic E-state index is -0.471. The first-order chi connectivity index (χ1) is 17.6. The molecule has 1 aliphatic rings. The molecular weight excluding hydrogens is 462 g/mol. The van der Waals surface area contributed by atoms with Gasteiger partial charge in [-0.15, -0.1) is 0 Å². The Hall–Kier alpha value is -3.61. The smallest absolute Gasteiger partial charge is 0.410 e. The number of fused-ring (bicyclic) bond motifs is 2. The zero-order valence-corrected chi connectivity index (χ0v) is 22.8. The highest BCUT2D eigenvalue weighted by atomic mass is 16.6. The Labute approximate surface area is 218 Å². The van der Waals surface area contributed by atoms with Crippen molar-refractivity contribution in [2.45, 2.75) is 71.8 Å². The minimum absolute atomic E-state index is 0.211. The molecule has 3 aromatic heterocycles. The lowest BCUT2D eigenvalue weighted by Gasteiger charge is -2.33. The van der Waals surface area contributed by atoms with Gasteiger partial charge in [-0.2, -0.15) is 5.10 Å². The molecule has 5 rings (SSSR count). The highest BCUT2D eigenvalue weighted by Gasteiger charge is 2.28. The number of hydrogen-bond donors (Lipinski definition) is 1. The van der Waals surface area contributed by atoms with Crippen molar-refractivity contribution in [1.82, 2.24) is 24.5 Å². The van der Waals surface area contributed by atoms with Crippen LogP contribution >= 0.6 is 0 Å². The number of carbonyl (C=O) groups is 1. The van der Waals surface area contributed by atoms with Gasteiger partial charge in [0, 0.05) is 41.3 Å². The van der Waals surface area contributed by atoms with Gasteiger partial charge in [-0.05, 0) is 81.2 Å². The van der Waals surface area contributed by atoms with Crippen molar-refractivity contribution in [2.75, 3.05) is 13.1 Å². The Bertz CT molecular complexity index is 1480. The second kappa shape index (κ2) is 9.36. The van der Waals surface area contributed by atoms with Crippen LogP contribution in [0, 0.1) is 6.92 Å². The van der Waals surface area contributed by atoms with Crippen LogP contribution in [0.15, 0.2) is 37.3 Å². The fraction of sp³-hybridized carbons (Fsp3) is 0.433. The van der Waals surface area contributed by atoms with Crippen LogP contribution in [0.4, 0.5) is 4.79 Å². The predicted molar refractivity (Wildman–Crippen MR) is 149 cm³/mol. The fourth-order valence-corrected chi connectivity index (χ4v) is 5.58. The number of amides is 1. The van der Waals surface area contributed by atoms with Crippen molar-refractivity contribution >= 4 is 28.7 Å². The molecule has 7 nitrogen and oxygen atoms in total. The minimum Gasteiger partial charge on any atom is -0.444 e. The number of pyridine rings is 1. The van der Waals surface area contributed by atoms with Crippen molar-refractivity contribution in [3.05, 3.63) is 59.6 Å². The highest BCUT2D eigenvalue weighted by Crippen LogP contribution is 2.40. The Balaban J connectivity index is 1.49. The average molecular weight is 500 g/mol. The van der Waals surface area contributed by atoms with Gasteiger partial charge in [0.25, 0.3) is 0 Å². The maximum Gasteiger partial charge on any atom is 0.410 e. The van der Waals surface area contributed by atoms with E-state index in [0.717, 1.165) is 46.4 Å². The van der Waals surface area contributed by atoms with Gasteiger partial charge in [-0.25, -0.2) is 14.3 Å². The molecule has 0 radical (unpaired) electrons. The van der Waals surface area contributed by atoms with Gasteiger partial charge in [0.2, 0.25) is 0 Å². The number of hydrogen-bond acceptors (Lipinski definition) is 4. The van der Waals surface area contributed by atoms with E-state index in [-0.39, 0.29) is 6.09 Å². The molecule has 0 atom stereocenters. The second-order valence-corrected chi connectivity index (χ2v) is 11.4. The Kier molecular flexibility index (Phi) is 6.34. The van der Waals surface area contributed by atoms with Crippen LogP contribution in [0.3, 0.4) is 0 Å². The lowest BCUT2D eigenvalue weighted by atomic mass is 9.87. The molecule has 0 bridgehead atoms. The molecule has 194 valence electrons. The lowest BCUT2D eigenvalue weighted by molar-refractivity contribution is 0.0205. The number of benzene rings is 1. The van der Waals surface area contributed by atoms with E-state index in [1.807, 2.05) is 36.3 Å². The quantitative estimate of drug-likeness (QED) is 0.326. The number of likely N-dealkylation sites (tertiary alicyclic amines) is 1. The van der Waals surface area contributed by atoms with Gasteiger partial charge >= 0.3 is 6.09 Å². The predicted octanol–water partition coefficient (Wildman–Crippen LogP) is 7.07. The molecule has 1 amide bonds. The van der Waals surface area contributed by atoms with E-state index in [1.54, 1.807) is 6.33 Å². The molecule has 4 heterocycles. The summed E-state index contributed by atoms with van der Waals surface area (Å²) in [6, 6.07) is 6.80. The van der Waals surface area contributed by atoms with Gasteiger partial charge in [-0.3, -0.25) is 0 Å². The van der Waals surface area contributed by atoms with Gasteiger partial charge in [0.05, 0.1) is 5.69 Å². The monoisotopic (exact) mass is 499 g/mol. The molecule has 1 fully saturated rings. The topological polar surface area (TPSA) is 75.5 Å². The van der Waals surface area contributed by atoms with Crippen LogP contribution in [0.5, 0.6) is 0 Å².